The lowest BCUT2D eigenvalue weighted by atomic mass is 10.0. The molecule has 2 unspecified atom stereocenters. The van der Waals surface area contributed by atoms with E-state index >= 15 is 0 Å². The van der Waals surface area contributed by atoms with Crippen LogP contribution in [0.25, 0.3) is 0 Å². The standard InChI is InChI=1S/C17H33N3O/c1-13(2)12-15-18-16(14(3)4)17(21)20(15)11-10-19-8-6-5-7-9-19/h13-16,18H,5-12H2,1-4H3. The first kappa shape index (κ1) is 16.8. The second-order valence-electron chi connectivity index (χ2n) is 7.47. The summed E-state index contributed by atoms with van der Waals surface area (Å²) in [5.74, 6) is 1.29. The zero-order valence-electron chi connectivity index (χ0n) is 14.3. The zero-order chi connectivity index (χ0) is 15.4. The molecule has 1 N–H and O–H groups in total. The highest BCUT2D eigenvalue weighted by molar-refractivity contribution is 5.84. The van der Waals surface area contributed by atoms with Gasteiger partial charge >= 0.3 is 0 Å². The Morgan fingerprint density at radius 2 is 1.76 bits per heavy atom. The molecule has 0 aromatic carbocycles. The quantitative estimate of drug-likeness (QED) is 0.817. The molecule has 2 heterocycles. The predicted octanol–water partition coefficient (Wildman–Crippen LogP) is 2.30. The van der Waals surface area contributed by atoms with Gasteiger partial charge in [0.25, 0.3) is 0 Å². The van der Waals surface area contributed by atoms with Crippen molar-refractivity contribution < 1.29 is 4.79 Å². The molecule has 2 saturated heterocycles. The Bertz CT molecular complexity index is 337. The van der Waals surface area contributed by atoms with Crippen molar-refractivity contribution in [3.05, 3.63) is 0 Å². The van der Waals surface area contributed by atoms with Gasteiger partial charge in [0.05, 0.1) is 12.2 Å². The van der Waals surface area contributed by atoms with E-state index in [1.165, 1.54) is 32.4 Å². The predicted molar refractivity (Wildman–Crippen MR) is 87.0 cm³/mol. The third-order valence-electron chi connectivity index (χ3n) is 4.76. The number of hydrogen-bond acceptors (Lipinski definition) is 3. The Labute approximate surface area is 130 Å². The molecule has 0 bridgehead atoms. The van der Waals surface area contributed by atoms with Gasteiger partial charge in [-0.25, -0.2) is 0 Å². The van der Waals surface area contributed by atoms with Crippen LogP contribution >= 0.6 is 0 Å². The van der Waals surface area contributed by atoms with Crippen LogP contribution in [0.5, 0.6) is 0 Å². The molecule has 4 heteroatoms. The number of amides is 1. The molecular formula is C17H33N3O. The summed E-state index contributed by atoms with van der Waals surface area (Å²) in [5.41, 5.74) is 0. The fourth-order valence-electron chi connectivity index (χ4n) is 3.52. The number of nitrogens with one attached hydrogen (secondary N) is 1. The normalized spacial score (nSPS) is 28.1. The molecule has 0 radical (unpaired) electrons. The molecule has 0 aromatic rings. The van der Waals surface area contributed by atoms with Crippen molar-refractivity contribution in [3.63, 3.8) is 0 Å². The molecular weight excluding hydrogens is 262 g/mol. The first-order valence-electron chi connectivity index (χ1n) is 8.78. The number of carbonyl (C=O) groups is 1. The van der Waals surface area contributed by atoms with Gasteiger partial charge in [-0.2, -0.15) is 0 Å². The molecule has 0 saturated carbocycles. The summed E-state index contributed by atoms with van der Waals surface area (Å²) in [4.78, 5) is 17.3. The smallest absolute Gasteiger partial charge is 0.241 e. The fraction of sp³-hybridized carbons (Fsp3) is 0.941. The summed E-state index contributed by atoms with van der Waals surface area (Å²) in [5, 5.41) is 3.57. The third-order valence-corrected chi connectivity index (χ3v) is 4.76. The van der Waals surface area contributed by atoms with Gasteiger partial charge in [0.2, 0.25) is 5.91 Å². The Hall–Kier alpha value is -0.610. The highest BCUT2D eigenvalue weighted by Crippen LogP contribution is 2.21. The van der Waals surface area contributed by atoms with Crippen molar-refractivity contribution in [2.24, 2.45) is 11.8 Å². The van der Waals surface area contributed by atoms with Crippen molar-refractivity contribution in [3.8, 4) is 0 Å². The minimum atomic E-state index is 0.00936. The highest BCUT2D eigenvalue weighted by Gasteiger charge is 2.40. The number of carbonyl (C=O) groups excluding carboxylic acids is 1. The molecule has 0 spiro atoms. The van der Waals surface area contributed by atoms with E-state index in [0.29, 0.717) is 17.7 Å². The van der Waals surface area contributed by atoms with Gasteiger partial charge in [-0.15, -0.1) is 0 Å². The van der Waals surface area contributed by atoms with Crippen molar-refractivity contribution in [2.75, 3.05) is 26.2 Å². The van der Waals surface area contributed by atoms with Gasteiger partial charge < -0.3 is 9.80 Å². The zero-order valence-corrected chi connectivity index (χ0v) is 14.3. The van der Waals surface area contributed by atoms with Crippen molar-refractivity contribution in [1.29, 1.82) is 0 Å². The monoisotopic (exact) mass is 295 g/mol. The van der Waals surface area contributed by atoms with Crippen LogP contribution in [-0.4, -0.2) is 54.1 Å². The molecule has 21 heavy (non-hydrogen) atoms. The summed E-state index contributed by atoms with van der Waals surface area (Å²) in [6.07, 6.45) is 5.28. The summed E-state index contributed by atoms with van der Waals surface area (Å²) in [6.45, 7) is 13.1. The summed E-state index contributed by atoms with van der Waals surface area (Å²) in [6, 6.07) is 0.00936. The van der Waals surface area contributed by atoms with E-state index in [9.17, 15) is 4.79 Å². The largest absolute Gasteiger partial charge is 0.324 e. The molecule has 2 aliphatic heterocycles. The van der Waals surface area contributed by atoms with Gasteiger partial charge in [0, 0.05) is 13.1 Å². The maximum Gasteiger partial charge on any atom is 0.241 e. The lowest BCUT2D eigenvalue weighted by Gasteiger charge is -2.31. The van der Waals surface area contributed by atoms with Crippen LogP contribution in [0.1, 0.15) is 53.4 Å². The molecule has 0 aromatic heterocycles. The number of rotatable bonds is 6. The lowest BCUT2D eigenvalue weighted by Crippen LogP contribution is -2.44. The van der Waals surface area contributed by atoms with Gasteiger partial charge in [-0.05, 0) is 44.2 Å². The molecule has 122 valence electrons. The fourth-order valence-corrected chi connectivity index (χ4v) is 3.52. The average molecular weight is 295 g/mol. The molecule has 4 nitrogen and oxygen atoms in total. The first-order valence-corrected chi connectivity index (χ1v) is 8.78. The maximum absolute atomic E-state index is 12.7. The topological polar surface area (TPSA) is 35.6 Å². The molecule has 2 aliphatic rings. The van der Waals surface area contributed by atoms with Crippen LogP contribution in [0.4, 0.5) is 0 Å². The second kappa shape index (κ2) is 7.59. The van der Waals surface area contributed by atoms with Crippen LogP contribution in [0.15, 0.2) is 0 Å². The van der Waals surface area contributed by atoms with Gasteiger partial charge in [0.1, 0.15) is 0 Å². The van der Waals surface area contributed by atoms with E-state index in [0.717, 1.165) is 19.5 Å². The van der Waals surface area contributed by atoms with Crippen molar-refractivity contribution in [2.45, 2.75) is 65.6 Å². The maximum atomic E-state index is 12.7. The van der Waals surface area contributed by atoms with E-state index in [1.54, 1.807) is 0 Å². The highest BCUT2D eigenvalue weighted by atomic mass is 16.2. The van der Waals surface area contributed by atoms with Crippen molar-refractivity contribution in [1.82, 2.24) is 15.1 Å². The Morgan fingerprint density at radius 3 is 2.33 bits per heavy atom. The Balaban J connectivity index is 1.93. The molecule has 2 atom stereocenters. The van der Waals surface area contributed by atoms with Gasteiger partial charge in [0.15, 0.2) is 0 Å². The number of piperidine rings is 1. The average Bonchev–Trinajstić information content (AvgIpc) is 2.74. The van der Waals surface area contributed by atoms with Crippen molar-refractivity contribution >= 4 is 5.91 Å². The van der Waals surface area contributed by atoms with E-state index < -0.39 is 0 Å². The number of nitrogens with zero attached hydrogens (tertiary/aromatic N) is 2. The minimum absolute atomic E-state index is 0.00936. The molecule has 2 fully saturated rings. The molecule has 2 rings (SSSR count). The Kier molecular flexibility index (Phi) is 6.06. The van der Waals surface area contributed by atoms with E-state index in [4.69, 9.17) is 0 Å². The first-order chi connectivity index (χ1) is 9.99. The summed E-state index contributed by atoms with van der Waals surface area (Å²) < 4.78 is 0. The molecule has 0 aliphatic carbocycles. The van der Waals surface area contributed by atoms with Crippen LogP contribution in [0.3, 0.4) is 0 Å². The minimum Gasteiger partial charge on any atom is -0.324 e. The number of likely N-dealkylation sites (tertiary alicyclic amines) is 1. The third kappa shape index (κ3) is 4.43. The Morgan fingerprint density at radius 1 is 1.10 bits per heavy atom. The van der Waals surface area contributed by atoms with E-state index in [2.05, 4.69) is 42.8 Å². The van der Waals surface area contributed by atoms with Crippen LogP contribution in [0.2, 0.25) is 0 Å². The van der Waals surface area contributed by atoms with Crippen LogP contribution in [0, 0.1) is 11.8 Å². The van der Waals surface area contributed by atoms with E-state index in [1.807, 2.05) is 0 Å². The van der Waals surface area contributed by atoms with Gasteiger partial charge in [-0.3, -0.25) is 10.1 Å². The van der Waals surface area contributed by atoms with Crippen LogP contribution < -0.4 is 5.32 Å². The number of hydrogen-bond donors (Lipinski definition) is 1. The molecule has 1 amide bonds. The second-order valence-corrected chi connectivity index (χ2v) is 7.47. The summed E-state index contributed by atoms with van der Waals surface area (Å²) in [7, 11) is 0. The van der Waals surface area contributed by atoms with E-state index in [-0.39, 0.29) is 12.2 Å². The SMILES string of the molecule is CC(C)CC1NC(C(C)C)C(=O)N1CCN1CCCCC1. The van der Waals surface area contributed by atoms with Gasteiger partial charge in [-0.1, -0.05) is 34.1 Å². The van der Waals surface area contributed by atoms with Crippen LogP contribution in [-0.2, 0) is 4.79 Å². The lowest BCUT2D eigenvalue weighted by molar-refractivity contribution is -0.131. The summed E-state index contributed by atoms with van der Waals surface area (Å²) >= 11 is 0.